The van der Waals surface area contributed by atoms with Crippen LogP contribution < -0.4 is 5.32 Å². The van der Waals surface area contributed by atoms with Gasteiger partial charge in [0.2, 0.25) is 0 Å². The predicted molar refractivity (Wildman–Crippen MR) is 69.9 cm³/mol. The van der Waals surface area contributed by atoms with E-state index in [1.54, 1.807) is 12.1 Å². The van der Waals surface area contributed by atoms with Crippen LogP contribution in [-0.4, -0.2) is 5.54 Å². The SMILES string of the molecule is CCC1(NC(C)c2ccc(C(F)(F)F)cc2)CCC1. The molecule has 2 rings (SSSR count). The lowest BCUT2D eigenvalue weighted by atomic mass is 9.74. The number of nitrogens with one attached hydrogen (secondary N) is 1. The van der Waals surface area contributed by atoms with Crippen molar-refractivity contribution in [3.8, 4) is 0 Å². The van der Waals surface area contributed by atoms with Crippen LogP contribution in [0.4, 0.5) is 13.2 Å². The van der Waals surface area contributed by atoms with Crippen LogP contribution in [0.5, 0.6) is 0 Å². The minimum Gasteiger partial charge on any atom is -0.305 e. The molecule has 0 amide bonds. The highest BCUT2D eigenvalue weighted by Gasteiger charge is 2.36. The molecular formula is C15H20F3N. The van der Waals surface area contributed by atoms with E-state index in [4.69, 9.17) is 0 Å². The molecule has 1 unspecified atom stereocenters. The number of hydrogen-bond acceptors (Lipinski definition) is 1. The Morgan fingerprint density at radius 1 is 1.21 bits per heavy atom. The molecule has 106 valence electrons. The topological polar surface area (TPSA) is 12.0 Å². The molecule has 19 heavy (non-hydrogen) atoms. The van der Waals surface area contributed by atoms with Crippen molar-refractivity contribution < 1.29 is 13.2 Å². The molecule has 1 atom stereocenters. The van der Waals surface area contributed by atoms with Gasteiger partial charge >= 0.3 is 6.18 Å². The summed E-state index contributed by atoms with van der Waals surface area (Å²) in [5, 5.41) is 3.57. The first-order valence-electron chi connectivity index (χ1n) is 6.81. The van der Waals surface area contributed by atoms with Crippen molar-refractivity contribution in [1.82, 2.24) is 5.32 Å². The summed E-state index contributed by atoms with van der Waals surface area (Å²) in [7, 11) is 0. The molecule has 1 aliphatic carbocycles. The average molecular weight is 271 g/mol. The highest BCUT2D eigenvalue weighted by molar-refractivity contribution is 5.26. The van der Waals surface area contributed by atoms with E-state index in [9.17, 15) is 13.2 Å². The molecule has 1 aliphatic rings. The molecule has 1 fully saturated rings. The molecule has 1 nitrogen and oxygen atoms in total. The molecule has 1 aromatic rings. The zero-order valence-electron chi connectivity index (χ0n) is 11.3. The van der Waals surface area contributed by atoms with Crippen molar-refractivity contribution in [2.75, 3.05) is 0 Å². The van der Waals surface area contributed by atoms with Crippen molar-refractivity contribution in [1.29, 1.82) is 0 Å². The van der Waals surface area contributed by atoms with Crippen molar-refractivity contribution >= 4 is 0 Å². The maximum atomic E-state index is 12.5. The fourth-order valence-corrected chi connectivity index (χ4v) is 2.71. The summed E-state index contributed by atoms with van der Waals surface area (Å²) in [5.41, 5.74) is 0.521. The van der Waals surface area contributed by atoms with Gasteiger partial charge in [0.15, 0.2) is 0 Å². The third-order valence-corrected chi connectivity index (χ3v) is 4.25. The Kier molecular flexibility index (Phi) is 3.90. The van der Waals surface area contributed by atoms with Gasteiger partial charge in [-0.2, -0.15) is 13.2 Å². The molecule has 0 saturated heterocycles. The van der Waals surface area contributed by atoms with Gasteiger partial charge in [-0.3, -0.25) is 0 Å². The van der Waals surface area contributed by atoms with Gasteiger partial charge in [-0.25, -0.2) is 0 Å². The highest BCUT2D eigenvalue weighted by atomic mass is 19.4. The van der Waals surface area contributed by atoms with Gasteiger partial charge in [-0.05, 0) is 50.3 Å². The number of alkyl halides is 3. The van der Waals surface area contributed by atoms with Crippen LogP contribution >= 0.6 is 0 Å². The Morgan fingerprint density at radius 3 is 2.16 bits per heavy atom. The molecule has 0 aromatic heterocycles. The van der Waals surface area contributed by atoms with Gasteiger partial charge < -0.3 is 5.32 Å². The summed E-state index contributed by atoms with van der Waals surface area (Å²) >= 11 is 0. The van der Waals surface area contributed by atoms with E-state index in [1.165, 1.54) is 6.42 Å². The van der Waals surface area contributed by atoms with Gasteiger partial charge in [-0.1, -0.05) is 19.1 Å². The summed E-state index contributed by atoms with van der Waals surface area (Å²) in [6.45, 7) is 4.17. The van der Waals surface area contributed by atoms with E-state index < -0.39 is 11.7 Å². The normalized spacial score (nSPS) is 19.8. The molecule has 1 N–H and O–H groups in total. The van der Waals surface area contributed by atoms with E-state index in [2.05, 4.69) is 12.2 Å². The van der Waals surface area contributed by atoms with E-state index >= 15 is 0 Å². The third-order valence-electron chi connectivity index (χ3n) is 4.25. The van der Waals surface area contributed by atoms with Crippen molar-refractivity contribution in [2.45, 2.75) is 57.3 Å². The van der Waals surface area contributed by atoms with Crippen LogP contribution in [0.1, 0.15) is 56.7 Å². The maximum Gasteiger partial charge on any atom is 0.416 e. The molecule has 4 heteroatoms. The zero-order chi connectivity index (χ0) is 14.1. The summed E-state index contributed by atoms with van der Waals surface area (Å²) in [6, 6.07) is 5.55. The monoisotopic (exact) mass is 271 g/mol. The maximum absolute atomic E-state index is 12.5. The van der Waals surface area contributed by atoms with Gasteiger partial charge in [0, 0.05) is 11.6 Å². The Hall–Kier alpha value is -1.03. The number of rotatable bonds is 4. The quantitative estimate of drug-likeness (QED) is 0.837. The van der Waals surface area contributed by atoms with Gasteiger partial charge in [0.1, 0.15) is 0 Å². The van der Waals surface area contributed by atoms with Crippen LogP contribution in [0.3, 0.4) is 0 Å². The summed E-state index contributed by atoms with van der Waals surface area (Å²) in [6.07, 6.45) is 0.370. The van der Waals surface area contributed by atoms with Crippen LogP contribution in [0.25, 0.3) is 0 Å². The molecule has 1 saturated carbocycles. The Balaban J connectivity index is 2.05. The highest BCUT2D eigenvalue weighted by Crippen LogP contribution is 2.37. The van der Waals surface area contributed by atoms with Crippen LogP contribution in [-0.2, 0) is 6.18 Å². The Morgan fingerprint density at radius 2 is 1.79 bits per heavy atom. The number of benzene rings is 1. The van der Waals surface area contributed by atoms with Crippen molar-refractivity contribution in [3.63, 3.8) is 0 Å². The molecule has 0 spiro atoms. The van der Waals surface area contributed by atoms with Gasteiger partial charge in [0.25, 0.3) is 0 Å². The second-order valence-electron chi connectivity index (χ2n) is 5.47. The molecule has 1 aromatic carbocycles. The zero-order valence-corrected chi connectivity index (χ0v) is 11.3. The first-order chi connectivity index (χ1) is 8.86. The first-order valence-corrected chi connectivity index (χ1v) is 6.81. The minimum atomic E-state index is -4.26. The summed E-state index contributed by atoms with van der Waals surface area (Å²) in [5.74, 6) is 0. The molecular weight excluding hydrogens is 251 g/mol. The summed E-state index contributed by atoms with van der Waals surface area (Å²) in [4.78, 5) is 0. The largest absolute Gasteiger partial charge is 0.416 e. The lowest BCUT2D eigenvalue weighted by Crippen LogP contribution is -2.51. The van der Waals surface area contributed by atoms with Crippen molar-refractivity contribution in [2.24, 2.45) is 0 Å². The third kappa shape index (κ3) is 3.11. The van der Waals surface area contributed by atoms with Crippen LogP contribution in [0.15, 0.2) is 24.3 Å². The second kappa shape index (κ2) is 5.16. The molecule has 0 radical (unpaired) electrons. The van der Waals surface area contributed by atoms with Gasteiger partial charge in [-0.15, -0.1) is 0 Å². The van der Waals surface area contributed by atoms with Crippen LogP contribution in [0.2, 0.25) is 0 Å². The Labute approximate surface area is 112 Å². The molecule has 0 aliphatic heterocycles. The van der Waals surface area contributed by atoms with Gasteiger partial charge in [0.05, 0.1) is 5.56 Å². The smallest absolute Gasteiger partial charge is 0.305 e. The fourth-order valence-electron chi connectivity index (χ4n) is 2.71. The second-order valence-corrected chi connectivity index (χ2v) is 5.47. The first kappa shape index (κ1) is 14.4. The van der Waals surface area contributed by atoms with Crippen molar-refractivity contribution in [3.05, 3.63) is 35.4 Å². The van der Waals surface area contributed by atoms with E-state index in [0.29, 0.717) is 0 Å². The molecule has 0 heterocycles. The average Bonchev–Trinajstić information content (AvgIpc) is 2.32. The van der Waals surface area contributed by atoms with E-state index in [0.717, 1.165) is 37.0 Å². The van der Waals surface area contributed by atoms with Crippen LogP contribution in [0, 0.1) is 0 Å². The van der Waals surface area contributed by atoms with E-state index in [-0.39, 0.29) is 11.6 Å². The molecule has 0 bridgehead atoms. The van der Waals surface area contributed by atoms with E-state index in [1.807, 2.05) is 6.92 Å². The number of halogens is 3. The number of hydrogen-bond donors (Lipinski definition) is 1. The standard InChI is InChI=1S/C15H20F3N/c1-3-14(9-4-10-14)19-11(2)12-5-7-13(8-6-12)15(16,17)18/h5-8,11,19H,3-4,9-10H2,1-2H3. The fraction of sp³-hybridized carbons (Fsp3) is 0.600. The summed E-state index contributed by atoms with van der Waals surface area (Å²) < 4.78 is 37.5. The predicted octanol–water partition coefficient (Wildman–Crippen LogP) is 4.69. The lowest BCUT2D eigenvalue weighted by Gasteiger charge is -2.44. The minimum absolute atomic E-state index is 0.0857. The lowest BCUT2D eigenvalue weighted by molar-refractivity contribution is -0.137. The Bertz CT molecular complexity index is 413.